The first-order valence-electron chi connectivity index (χ1n) is 4.54. The van der Waals surface area contributed by atoms with Gasteiger partial charge in [0, 0.05) is 18.0 Å². The third kappa shape index (κ3) is 0.871. The van der Waals surface area contributed by atoms with Gasteiger partial charge >= 0.3 is 0 Å². The molecule has 0 amide bonds. The summed E-state index contributed by atoms with van der Waals surface area (Å²) in [5.74, 6) is 0. The van der Waals surface area contributed by atoms with Crippen LogP contribution in [0.2, 0.25) is 0 Å². The first-order chi connectivity index (χ1) is 5.12. The van der Waals surface area contributed by atoms with E-state index >= 15 is 0 Å². The Labute approximate surface area is 69.1 Å². The molecule has 0 aromatic rings. The van der Waals surface area contributed by atoms with Crippen molar-refractivity contribution in [1.29, 1.82) is 0 Å². The average molecular weight is 151 g/mol. The molecule has 0 radical (unpaired) electrons. The van der Waals surface area contributed by atoms with Gasteiger partial charge in [0.15, 0.2) is 0 Å². The van der Waals surface area contributed by atoms with Gasteiger partial charge in [-0.05, 0) is 19.4 Å². The summed E-state index contributed by atoms with van der Waals surface area (Å²) in [6, 6.07) is 0.801. The third-order valence-corrected chi connectivity index (χ3v) is 3.50. The topological polar surface area (TPSA) is 3.24 Å². The van der Waals surface area contributed by atoms with Crippen LogP contribution in [-0.2, 0) is 0 Å². The molecule has 62 valence electrons. The van der Waals surface area contributed by atoms with Gasteiger partial charge in [0.25, 0.3) is 0 Å². The van der Waals surface area contributed by atoms with Gasteiger partial charge in [0.05, 0.1) is 0 Å². The summed E-state index contributed by atoms with van der Waals surface area (Å²) in [5.41, 5.74) is 1.82. The summed E-state index contributed by atoms with van der Waals surface area (Å²) in [6.45, 7) is 11.3. The first-order valence-corrected chi connectivity index (χ1v) is 4.54. The highest BCUT2D eigenvalue weighted by atomic mass is 15.2. The van der Waals surface area contributed by atoms with E-state index in [0.717, 1.165) is 12.6 Å². The maximum Gasteiger partial charge on any atom is 0.0199 e. The van der Waals surface area contributed by atoms with Crippen molar-refractivity contribution in [1.82, 2.24) is 4.90 Å². The molecule has 0 aromatic carbocycles. The highest BCUT2D eigenvalue weighted by Crippen LogP contribution is 2.44. The minimum Gasteiger partial charge on any atom is -0.296 e. The molecule has 1 nitrogen and oxygen atoms in total. The summed E-state index contributed by atoms with van der Waals surface area (Å²) >= 11 is 0. The van der Waals surface area contributed by atoms with Crippen molar-refractivity contribution in [3.63, 3.8) is 0 Å². The molecule has 0 aromatic heterocycles. The Kier molecular flexibility index (Phi) is 1.40. The smallest absolute Gasteiger partial charge is 0.0199 e. The molecule has 1 heteroatoms. The molecule has 2 rings (SSSR count). The molecule has 0 aliphatic carbocycles. The van der Waals surface area contributed by atoms with Gasteiger partial charge in [0.1, 0.15) is 0 Å². The molecule has 0 N–H and O–H groups in total. The zero-order chi connectivity index (χ0) is 8.06. The maximum absolute atomic E-state index is 4.15. The van der Waals surface area contributed by atoms with Crippen molar-refractivity contribution in [3.8, 4) is 0 Å². The lowest BCUT2D eigenvalue weighted by molar-refractivity contribution is 0.241. The van der Waals surface area contributed by atoms with Crippen LogP contribution in [0.5, 0.6) is 0 Å². The van der Waals surface area contributed by atoms with Gasteiger partial charge in [-0.1, -0.05) is 26.0 Å². The molecule has 11 heavy (non-hydrogen) atoms. The van der Waals surface area contributed by atoms with Crippen molar-refractivity contribution in [2.75, 3.05) is 13.1 Å². The monoisotopic (exact) mass is 151 g/mol. The third-order valence-electron chi connectivity index (χ3n) is 3.50. The zero-order valence-electron chi connectivity index (χ0n) is 7.56. The van der Waals surface area contributed by atoms with Crippen molar-refractivity contribution in [3.05, 3.63) is 12.2 Å². The molecule has 0 saturated carbocycles. The fraction of sp³-hybridized carbons (Fsp3) is 0.800. The summed E-state index contributed by atoms with van der Waals surface area (Å²) < 4.78 is 0. The van der Waals surface area contributed by atoms with E-state index < -0.39 is 0 Å². The maximum atomic E-state index is 4.15. The summed E-state index contributed by atoms with van der Waals surface area (Å²) in [7, 11) is 0. The quantitative estimate of drug-likeness (QED) is 0.479. The molecule has 0 unspecified atom stereocenters. The van der Waals surface area contributed by atoms with Crippen molar-refractivity contribution < 1.29 is 0 Å². The lowest BCUT2D eigenvalue weighted by Gasteiger charge is -2.27. The molecule has 2 fully saturated rings. The Morgan fingerprint density at radius 3 is 2.91 bits per heavy atom. The lowest BCUT2D eigenvalue weighted by Crippen LogP contribution is -2.30. The normalized spacial score (nSPS) is 36.2. The minimum absolute atomic E-state index is 0.385. The Balaban J connectivity index is 2.27. The lowest BCUT2D eigenvalue weighted by atomic mass is 9.80. The Morgan fingerprint density at radius 2 is 2.27 bits per heavy atom. The molecule has 2 aliphatic rings. The molecule has 1 atom stereocenters. The van der Waals surface area contributed by atoms with E-state index in [2.05, 4.69) is 25.3 Å². The fourth-order valence-corrected chi connectivity index (χ4v) is 2.52. The van der Waals surface area contributed by atoms with E-state index in [-0.39, 0.29) is 0 Å². The predicted octanol–water partition coefficient (Wildman–Crippen LogP) is 2.05. The van der Waals surface area contributed by atoms with E-state index in [0.29, 0.717) is 5.41 Å². The molecule has 2 heterocycles. The minimum atomic E-state index is 0.385. The van der Waals surface area contributed by atoms with Crippen molar-refractivity contribution in [2.24, 2.45) is 5.41 Å². The molecule has 2 aliphatic heterocycles. The molecular formula is C10H17N. The van der Waals surface area contributed by atoms with Gasteiger partial charge < -0.3 is 0 Å². The van der Waals surface area contributed by atoms with E-state index in [1.54, 1.807) is 0 Å². The largest absolute Gasteiger partial charge is 0.296 e. The van der Waals surface area contributed by atoms with Crippen LogP contribution in [-0.4, -0.2) is 24.0 Å². The Morgan fingerprint density at radius 1 is 1.55 bits per heavy atom. The highest BCUT2D eigenvalue weighted by Gasteiger charge is 2.44. The zero-order valence-corrected chi connectivity index (χ0v) is 7.56. The fourth-order valence-electron chi connectivity index (χ4n) is 2.52. The van der Waals surface area contributed by atoms with Crippen molar-refractivity contribution in [2.45, 2.75) is 32.7 Å². The van der Waals surface area contributed by atoms with Crippen LogP contribution in [0.4, 0.5) is 0 Å². The van der Waals surface area contributed by atoms with Crippen molar-refractivity contribution >= 4 is 0 Å². The summed E-state index contributed by atoms with van der Waals surface area (Å²) in [6.07, 6.45) is 2.77. The Hall–Kier alpha value is -0.300. The van der Waals surface area contributed by atoms with E-state index in [4.69, 9.17) is 0 Å². The van der Waals surface area contributed by atoms with E-state index in [9.17, 15) is 0 Å². The van der Waals surface area contributed by atoms with Gasteiger partial charge in [-0.15, -0.1) is 0 Å². The Bertz CT molecular complexity index is 193. The first kappa shape index (κ1) is 7.35. The summed E-state index contributed by atoms with van der Waals surface area (Å²) in [5, 5.41) is 0. The highest BCUT2D eigenvalue weighted by molar-refractivity contribution is 5.21. The van der Waals surface area contributed by atoms with Crippen LogP contribution >= 0.6 is 0 Å². The molecule has 0 bridgehead atoms. The number of fused-ring (bicyclic) bond motifs is 1. The van der Waals surface area contributed by atoms with Crippen LogP contribution in [0.25, 0.3) is 0 Å². The van der Waals surface area contributed by atoms with Crippen LogP contribution in [0.15, 0.2) is 12.2 Å². The number of rotatable bonds is 0. The van der Waals surface area contributed by atoms with Gasteiger partial charge in [-0.3, -0.25) is 4.90 Å². The second kappa shape index (κ2) is 2.10. The number of hydrogen-bond donors (Lipinski definition) is 0. The van der Waals surface area contributed by atoms with Gasteiger partial charge in [0.2, 0.25) is 0 Å². The SMILES string of the molecule is C=C1CN2CCC[C@H]2C1(C)C. The second-order valence-electron chi connectivity index (χ2n) is 4.45. The molecular weight excluding hydrogens is 134 g/mol. The van der Waals surface area contributed by atoms with Crippen LogP contribution in [0, 0.1) is 5.41 Å². The van der Waals surface area contributed by atoms with E-state index in [1.807, 2.05) is 0 Å². The number of nitrogens with zero attached hydrogens (tertiary/aromatic N) is 1. The van der Waals surface area contributed by atoms with Crippen LogP contribution in [0.1, 0.15) is 26.7 Å². The molecule has 0 spiro atoms. The second-order valence-corrected chi connectivity index (χ2v) is 4.45. The molecule has 2 saturated heterocycles. The number of hydrogen-bond acceptors (Lipinski definition) is 1. The van der Waals surface area contributed by atoms with Crippen LogP contribution in [0.3, 0.4) is 0 Å². The average Bonchev–Trinajstić information content (AvgIpc) is 2.41. The standard InChI is InChI=1S/C10H17N/c1-8-7-11-6-4-5-9(11)10(8,2)3/h9H,1,4-7H2,2-3H3/t9-/m0/s1. The summed E-state index contributed by atoms with van der Waals surface area (Å²) in [4.78, 5) is 2.59. The van der Waals surface area contributed by atoms with Crippen LogP contribution < -0.4 is 0 Å². The van der Waals surface area contributed by atoms with Gasteiger partial charge in [-0.2, -0.15) is 0 Å². The van der Waals surface area contributed by atoms with E-state index in [1.165, 1.54) is 25.0 Å². The van der Waals surface area contributed by atoms with Gasteiger partial charge in [-0.25, -0.2) is 0 Å². The predicted molar refractivity (Wildman–Crippen MR) is 47.5 cm³/mol.